The first kappa shape index (κ1) is 17.4. The molecule has 0 aromatic heterocycles. The Morgan fingerprint density at radius 2 is 1.46 bits per heavy atom. The van der Waals surface area contributed by atoms with Gasteiger partial charge in [-0.1, -0.05) is 36.4 Å². The number of halogens is 2. The zero-order chi connectivity index (χ0) is 17.0. The molecule has 1 aliphatic heterocycles. The molecule has 1 aliphatic rings. The molecule has 0 spiro atoms. The van der Waals surface area contributed by atoms with E-state index in [-0.39, 0.29) is 11.6 Å². The summed E-state index contributed by atoms with van der Waals surface area (Å²) < 4.78 is 28.6. The van der Waals surface area contributed by atoms with Crippen LogP contribution in [0.15, 0.2) is 48.5 Å². The molecule has 0 radical (unpaired) electrons. The highest BCUT2D eigenvalue weighted by Crippen LogP contribution is 2.30. The number of hydrogen-bond acceptors (Lipinski definition) is 3. The highest BCUT2D eigenvalue weighted by Gasteiger charge is 2.31. The molecule has 0 unspecified atom stereocenters. The lowest BCUT2D eigenvalue weighted by molar-refractivity contribution is 0.0304. The maximum atomic E-state index is 14.3. The number of benzene rings is 2. The van der Waals surface area contributed by atoms with Gasteiger partial charge in [0.25, 0.3) is 0 Å². The molecule has 24 heavy (non-hydrogen) atoms. The summed E-state index contributed by atoms with van der Waals surface area (Å²) >= 11 is 1.82. The zero-order valence-corrected chi connectivity index (χ0v) is 14.2. The molecule has 0 bridgehead atoms. The minimum absolute atomic E-state index is 0.306. The lowest BCUT2D eigenvalue weighted by Gasteiger charge is -2.34. The van der Waals surface area contributed by atoms with Gasteiger partial charge in [-0.3, -0.25) is 0 Å². The maximum absolute atomic E-state index is 14.3. The van der Waals surface area contributed by atoms with Gasteiger partial charge >= 0.3 is 0 Å². The van der Waals surface area contributed by atoms with Crippen LogP contribution in [0.1, 0.15) is 30.0 Å². The topological polar surface area (TPSA) is 32.3 Å². The van der Waals surface area contributed by atoms with Gasteiger partial charge in [-0.2, -0.15) is 11.8 Å². The van der Waals surface area contributed by atoms with Crippen molar-refractivity contribution in [2.24, 2.45) is 0 Å². The van der Waals surface area contributed by atoms with Crippen LogP contribution in [0, 0.1) is 11.6 Å². The highest BCUT2D eigenvalue weighted by molar-refractivity contribution is 7.99. The predicted molar refractivity (Wildman–Crippen MR) is 94.2 cm³/mol. The quantitative estimate of drug-likeness (QED) is 0.859. The largest absolute Gasteiger partial charge is 0.389 e. The molecule has 0 amide bonds. The SMILES string of the molecule is OC1(CNC(c2ccccc2F)c2ccccc2F)CCSCC1. The molecule has 5 heteroatoms. The first-order valence-corrected chi connectivity index (χ1v) is 9.27. The van der Waals surface area contributed by atoms with Gasteiger partial charge in [-0.15, -0.1) is 0 Å². The van der Waals surface area contributed by atoms with E-state index in [0.717, 1.165) is 11.5 Å². The van der Waals surface area contributed by atoms with Crippen molar-refractivity contribution in [1.82, 2.24) is 5.32 Å². The van der Waals surface area contributed by atoms with Crippen molar-refractivity contribution in [3.63, 3.8) is 0 Å². The molecule has 2 aromatic rings. The van der Waals surface area contributed by atoms with Crippen molar-refractivity contribution < 1.29 is 13.9 Å². The van der Waals surface area contributed by atoms with Gasteiger partial charge in [0.15, 0.2) is 0 Å². The van der Waals surface area contributed by atoms with E-state index in [9.17, 15) is 13.9 Å². The second-order valence-corrected chi connectivity index (χ2v) is 7.42. The molecule has 3 rings (SSSR count). The summed E-state index contributed by atoms with van der Waals surface area (Å²) in [6.07, 6.45) is 1.37. The number of nitrogens with one attached hydrogen (secondary N) is 1. The summed E-state index contributed by atoms with van der Waals surface area (Å²) in [5.41, 5.74) is -0.0483. The lowest BCUT2D eigenvalue weighted by Crippen LogP contribution is -2.45. The van der Waals surface area contributed by atoms with E-state index in [4.69, 9.17) is 0 Å². The summed E-state index contributed by atoms with van der Waals surface area (Å²) in [6.45, 7) is 0.306. The van der Waals surface area contributed by atoms with E-state index in [0.29, 0.717) is 30.5 Å². The summed E-state index contributed by atoms with van der Waals surface area (Å²) in [5.74, 6) is 1.04. The number of rotatable bonds is 5. The van der Waals surface area contributed by atoms with Crippen molar-refractivity contribution in [1.29, 1.82) is 0 Å². The number of aliphatic hydroxyl groups is 1. The first-order valence-electron chi connectivity index (χ1n) is 8.11. The Morgan fingerprint density at radius 1 is 0.958 bits per heavy atom. The van der Waals surface area contributed by atoms with Crippen LogP contribution in [0.5, 0.6) is 0 Å². The Hall–Kier alpha value is -1.43. The zero-order valence-electron chi connectivity index (χ0n) is 13.3. The summed E-state index contributed by atoms with van der Waals surface area (Å²) in [5, 5.41) is 13.9. The van der Waals surface area contributed by atoms with Gasteiger partial charge in [0.05, 0.1) is 11.6 Å². The predicted octanol–water partition coefficient (Wildman–Crippen LogP) is 3.90. The number of hydrogen-bond donors (Lipinski definition) is 2. The van der Waals surface area contributed by atoms with Crippen LogP contribution in [-0.2, 0) is 0 Å². The molecule has 0 aliphatic carbocycles. The average Bonchev–Trinajstić information content (AvgIpc) is 2.58. The Bertz CT molecular complexity index is 643. The van der Waals surface area contributed by atoms with Crippen LogP contribution >= 0.6 is 11.8 Å². The Balaban J connectivity index is 1.88. The summed E-state index contributed by atoms with van der Waals surface area (Å²) in [7, 11) is 0. The van der Waals surface area contributed by atoms with Crippen molar-refractivity contribution in [3.05, 3.63) is 71.3 Å². The maximum Gasteiger partial charge on any atom is 0.128 e. The molecule has 1 fully saturated rings. The third-order valence-electron chi connectivity index (χ3n) is 4.49. The van der Waals surface area contributed by atoms with Gasteiger partial charge in [-0.05, 0) is 36.5 Å². The molecule has 128 valence electrons. The fourth-order valence-corrected chi connectivity index (χ4v) is 4.28. The second kappa shape index (κ2) is 7.64. The normalized spacial score (nSPS) is 17.2. The average molecular weight is 349 g/mol. The Morgan fingerprint density at radius 3 is 1.96 bits per heavy atom. The molecule has 2 N–H and O–H groups in total. The van der Waals surface area contributed by atoms with Gasteiger partial charge < -0.3 is 10.4 Å². The van der Waals surface area contributed by atoms with Gasteiger partial charge in [-0.25, -0.2) is 8.78 Å². The van der Waals surface area contributed by atoms with Crippen molar-refractivity contribution >= 4 is 11.8 Å². The van der Waals surface area contributed by atoms with E-state index >= 15 is 0 Å². The molecular weight excluding hydrogens is 328 g/mol. The first-order chi connectivity index (χ1) is 11.6. The van der Waals surface area contributed by atoms with E-state index in [1.807, 2.05) is 11.8 Å². The molecule has 2 nitrogen and oxygen atoms in total. The van der Waals surface area contributed by atoms with Crippen LogP contribution in [0.25, 0.3) is 0 Å². The summed E-state index contributed by atoms with van der Waals surface area (Å²) in [4.78, 5) is 0. The summed E-state index contributed by atoms with van der Waals surface area (Å²) in [6, 6.07) is 12.1. The van der Waals surface area contributed by atoms with E-state index < -0.39 is 11.6 Å². The number of thioether (sulfide) groups is 1. The molecule has 1 heterocycles. The van der Waals surface area contributed by atoms with E-state index in [2.05, 4.69) is 5.32 Å². The van der Waals surface area contributed by atoms with Crippen molar-refractivity contribution in [2.45, 2.75) is 24.5 Å². The smallest absolute Gasteiger partial charge is 0.128 e. The Kier molecular flexibility index (Phi) is 5.54. The van der Waals surface area contributed by atoms with Gasteiger partial charge in [0.1, 0.15) is 11.6 Å². The lowest BCUT2D eigenvalue weighted by atomic mass is 9.93. The van der Waals surface area contributed by atoms with Crippen LogP contribution < -0.4 is 5.32 Å². The molecule has 1 saturated heterocycles. The molecule has 2 aromatic carbocycles. The minimum Gasteiger partial charge on any atom is -0.389 e. The molecule has 0 atom stereocenters. The minimum atomic E-state index is -0.819. The van der Waals surface area contributed by atoms with Crippen LogP contribution in [0.2, 0.25) is 0 Å². The van der Waals surface area contributed by atoms with Crippen molar-refractivity contribution in [3.8, 4) is 0 Å². The van der Waals surface area contributed by atoms with Crippen LogP contribution in [0.4, 0.5) is 8.78 Å². The monoisotopic (exact) mass is 349 g/mol. The fraction of sp³-hybridized carbons (Fsp3) is 0.368. The van der Waals surface area contributed by atoms with Crippen molar-refractivity contribution in [2.75, 3.05) is 18.1 Å². The van der Waals surface area contributed by atoms with E-state index in [1.54, 1.807) is 36.4 Å². The van der Waals surface area contributed by atoms with Crippen LogP contribution in [0.3, 0.4) is 0 Å². The fourth-order valence-electron chi connectivity index (χ4n) is 3.03. The second-order valence-electron chi connectivity index (χ2n) is 6.19. The molecular formula is C19H21F2NOS. The standard InChI is InChI=1S/C19H21F2NOS/c20-16-7-3-1-5-14(16)18(15-6-2-4-8-17(15)21)22-13-19(23)9-11-24-12-10-19/h1-8,18,22-23H,9-13H2. The highest BCUT2D eigenvalue weighted by atomic mass is 32.2. The third-order valence-corrected chi connectivity index (χ3v) is 5.48. The van der Waals surface area contributed by atoms with E-state index in [1.165, 1.54) is 12.1 Å². The molecule has 0 saturated carbocycles. The van der Waals surface area contributed by atoms with Gasteiger partial charge in [0, 0.05) is 17.7 Å². The third kappa shape index (κ3) is 3.97. The Labute approximate surface area is 145 Å². The van der Waals surface area contributed by atoms with Gasteiger partial charge in [0.2, 0.25) is 0 Å². The van der Waals surface area contributed by atoms with Crippen LogP contribution in [-0.4, -0.2) is 28.8 Å².